The summed E-state index contributed by atoms with van der Waals surface area (Å²) in [7, 11) is 1.47. The molecule has 0 bridgehead atoms. The van der Waals surface area contributed by atoms with Gasteiger partial charge in [-0.2, -0.15) is 5.10 Å². The second-order valence-electron chi connectivity index (χ2n) is 8.44. The molecule has 3 aromatic carbocycles. The molecule has 1 aliphatic rings. The Morgan fingerprint density at radius 1 is 1.11 bits per heavy atom. The van der Waals surface area contributed by atoms with E-state index in [0.29, 0.717) is 27.7 Å². The van der Waals surface area contributed by atoms with E-state index in [0.717, 1.165) is 0 Å². The molecule has 0 radical (unpaired) electrons. The lowest BCUT2D eigenvalue weighted by Gasteiger charge is -2.24. The third-order valence-electron chi connectivity index (χ3n) is 5.37. The molecule has 1 aliphatic heterocycles. The highest BCUT2D eigenvalue weighted by Gasteiger charge is 2.37. The fourth-order valence-corrected chi connectivity index (χ4v) is 4.91. The molecular formula is C27H26FN3O5S. The van der Waals surface area contributed by atoms with Crippen LogP contribution in [-0.4, -0.2) is 46.7 Å². The molecule has 10 heteroatoms. The number of ether oxygens (including phenoxy) is 2. The van der Waals surface area contributed by atoms with Gasteiger partial charge in [0.15, 0.2) is 18.1 Å². The van der Waals surface area contributed by atoms with Crippen LogP contribution < -0.4 is 14.8 Å². The van der Waals surface area contributed by atoms with E-state index in [1.165, 1.54) is 48.1 Å². The number of phenolic OH excluding ortho intramolecular Hbond substituents is 1. The summed E-state index contributed by atoms with van der Waals surface area (Å²) >= 11 is 1.27. The normalized spacial score (nSPS) is 14.9. The van der Waals surface area contributed by atoms with Crippen LogP contribution in [-0.2, 0) is 4.79 Å². The van der Waals surface area contributed by atoms with E-state index in [4.69, 9.17) is 9.47 Å². The van der Waals surface area contributed by atoms with Crippen molar-refractivity contribution < 1.29 is 28.6 Å². The number of halogens is 1. The van der Waals surface area contributed by atoms with Crippen LogP contribution in [0.15, 0.2) is 71.8 Å². The Morgan fingerprint density at radius 2 is 1.84 bits per heavy atom. The SMILES string of the molecule is COc1c(OCC(=O)NC(C)C)cccc1C1SC(c2ccc(F)cc2)=NN1C(=O)c1ccccc1O. The lowest BCUT2D eigenvalue weighted by atomic mass is 10.1. The summed E-state index contributed by atoms with van der Waals surface area (Å²) in [6.07, 6.45) is 0. The minimum absolute atomic E-state index is 0.0322. The quantitative estimate of drug-likeness (QED) is 0.444. The maximum absolute atomic E-state index is 13.5. The molecule has 0 aromatic heterocycles. The van der Waals surface area contributed by atoms with E-state index in [1.54, 1.807) is 42.5 Å². The van der Waals surface area contributed by atoms with Crippen molar-refractivity contribution in [3.8, 4) is 17.2 Å². The first kappa shape index (κ1) is 26.0. The number of phenols is 1. The lowest BCUT2D eigenvalue weighted by molar-refractivity contribution is -0.123. The largest absolute Gasteiger partial charge is 0.507 e. The molecular weight excluding hydrogens is 497 g/mol. The zero-order valence-corrected chi connectivity index (χ0v) is 21.3. The number of hydrogen-bond donors (Lipinski definition) is 2. The highest BCUT2D eigenvalue weighted by Crippen LogP contribution is 2.47. The molecule has 2 N–H and O–H groups in total. The van der Waals surface area contributed by atoms with Gasteiger partial charge in [0.1, 0.15) is 22.0 Å². The molecule has 1 atom stereocenters. The van der Waals surface area contributed by atoms with Gasteiger partial charge in [-0.15, -0.1) is 0 Å². The number of nitrogens with one attached hydrogen (secondary N) is 1. The van der Waals surface area contributed by atoms with Crippen LogP contribution in [0.5, 0.6) is 17.2 Å². The second kappa shape index (κ2) is 11.3. The third-order valence-corrected chi connectivity index (χ3v) is 6.58. The minimum Gasteiger partial charge on any atom is -0.507 e. The van der Waals surface area contributed by atoms with E-state index < -0.39 is 11.3 Å². The van der Waals surface area contributed by atoms with Gasteiger partial charge in [0.25, 0.3) is 11.8 Å². The summed E-state index contributed by atoms with van der Waals surface area (Å²) in [5, 5.41) is 18.7. The number of nitrogens with zero attached hydrogens (tertiary/aromatic N) is 2. The molecule has 8 nitrogen and oxygen atoms in total. The highest BCUT2D eigenvalue weighted by atomic mass is 32.2. The topological polar surface area (TPSA) is 100 Å². The number of thioether (sulfide) groups is 1. The number of carbonyl (C=O) groups is 2. The van der Waals surface area contributed by atoms with E-state index in [1.807, 2.05) is 13.8 Å². The van der Waals surface area contributed by atoms with E-state index >= 15 is 0 Å². The third kappa shape index (κ3) is 5.86. The molecule has 37 heavy (non-hydrogen) atoms. The molecule has 0 saturated carbocycles. The smallest absolute Gasteiger partial charge is 0.279 e. The van der Waals surface area contributed by atoms with Crippen molar-refractivity contribution in [2.75, 3.05) is 13.7 Å². The molecule has 0 saturated heterocycles. The standard InChI is InChI=1S/C27H26FN3O5S/c1-16(2)29-23(33)15-36-22-10-6-8-20(24(22)35-3)27-31(26(34)19-7-4-5-9-21(19)32)30-25(37-27)17-11-13-18(28)14-12-17/h4-14,16,27,32H,15H2,1-3H3,(H,29,33). The number of benzene rings is 3. The van der Waals surface area contributed by atoms with Crippen LogP contribution in [0.2, 0.25) is 0 Å². The maximum atomic E-state index is 13.5. The van der Waals surface area contributed by atoms with Crippen molar-refractivity contribution in [3.63, 3.8) is 0 Å². The molecule has 0 aliphatic carbocycles. The van der Waals surface area contributed by atoms with Crippen molar-refractivity contribution in [1.29, 1.82) is 0 Å². The molecule has 0 fully saturated rings. The first-order valence-electron chi connectivity index (χ1n) is 11.5. The monoisotopic (exact) mass is 523 g/mol. The number of rotatable bonds is 8. The van der Waals surface area contributed by atoms with Crippen LogP contribution in [0.4, 0.5) is 4.39 Å². The van der Waals surface area contributed by atoms with Gasteiger partial charge in [0, 0.05) is 17.2 Å². The van der Waals surface area contributed by atoms with E-state index in [9.17, 15) is 19.1 Å². The maximum Gasteiger partial charge on any atom is 0.279 e. The molecule has 1 heterocycles. The summed E-state index contributed by atoms with van der Waals surface area (Å²) in [5.41, 5.74) is 1.27. The van der Waals surface area contributed by atoms with Gasteiger partial charge in [-0.05, 0) is 56.3 Å². The van der Waals surface area contributed by atoms with Gasteiger partial charge >= 0.3 is 0 Å². The van der Waals surface area contributed by atoms with Crippen molar-refractivity contribution in [2.45, 2.75) is 25.3 Å². The molecule has 192 valence electrons. The predicted octanol–water partition coefficient (Wildman–Crippen LogP) is 4.69. The lowest BCUT2D eigenvalue weighted by Crippen LogP contribution is -2.34. The Morgan fingerprint density at radius 3 is 2.51 bits per heavy atom. The first-order valence-corrected chi connectivity index (χ1v) is 12.4. The Hall–Kier alpha value is -4.05. The van der Waals surface area contributed by atoms with Crippen LogP contribution in [0.25, 0.3) is 0 Å². The van der Waals surface area contributed by atoms with Crippen molar-refractivity contribution >= 4 is 28.6 Å². The zero-order valence-electron chi connectivity index (χ0n) is 20.5. The number of amides is 2. The van der Waals surface area contributed by atoms with Gasteiger partial charge in [0.05, 0.1) is 12.7 Å². The summed E-state index contributed by atoms with van der Waals surface area (Å²) in [4.78, 5) is 25.7. The fourth-order valence-electron chi connectivity index (χ4n) is 3.74. The van der Waals surface area contributed by atoms with Crippen LogP contribution in [0, 0.1) is 5.82 Å². The van der Waals surface area contributed by atoms with Gasteiger partial charge in [-0.25, -0.2) is 9.40 Å². The van der Waals surface area contributed by atoms with E-state index in [-0.39, 0.29) is 35.7 Å². The van der Waals surface area contributed by atoms with Crippen molar-refractivity contribution in [2.24, 2.45) is 5.10 Å². The van der Waals surface area contributed by atoms with Gasteiger partial charge in [-0.3, -0.25) is 9.59 Å². The summed E-state index contributed by atoms with van der Waals surface area (Å²) in [5.74, 6) is -0.720. The molecule has 4 rings (SSSR count). The summed E-state index contributed by atoms with van der Waals surface area (Å²) in [6, 6.07) is 17.1. The average Bonchev–Trinajstić information content (AvgIpc) is 3.32. The average molecular weight is 524 g/mol. The molecule has 3 aromatic rings. The van der Waals surface area contributed by atoms with Crippen LogP contribution in [0.1, 0.15) is 40.7 Å². The molecule has 0 spiro atoms. The Labute approximate surface area is 218 Å². The Balaban J connectivity index is 1.71. The van der Waals surface area contributed by atoms with Gasteiger partial charge in [-0.1, -0.05) is 36.0 Å². The zero-order chi connectivity index (χ0) is 26.5. The number of methoxy groups -OCH3 is 1. The first-order chi connectivity index (χ1) is 17.8. The number of aromatic hydroxyl groups is 1. The van der Waals surface area contributed by atoms with Gasteiger partial charge < -0.3 is 19.9 Å². The van der Waals surface area contributed by atoms with Gasteiger partial charge in [0.2, 0.25) is 0 Å². The highest BCUT2D eigenvalue weighted by molar-refractivity contribution is 8.14. The minimum atomic E-state index is -0.699. The van der Waals surface area contributed by atoms with Crippen LogP contribution in [0.3, 0.4) is 0 Å². The Bertz CT molecular complexity index is 1330. The second-order valence-corrected chi connectivity index (χ2v) is 9.51. The number of carbonyl (C=O) groups excluding carboxylic acids is 2. The van der Waals surface area contributed by atoms with Crippen molar-refractivity contribution in [1.82, 2.24) is 10.3 Å². The number of hydrazone groups is 1. The fraction of sp³-hybridized carbons (Fsp3) is 0.222. The predicted molar refractivity (Wildman–Crippen MR) is 139 cm³/mol. The number of para-hydroxylation sites is 2. The van der Waals surface area contributed by atoms with E-state index in [2.05, 4.69) is 10.4 Å². The van der Waals surface area contributed by atoms with Crippen LogP contribution >= 0.6 is 11.8 Å². The Kier molecular flexibility index (Phi) is 7.98. The van der Waals surface area contributed by atoms with Crippen molar-refractivity contribution in [3.05, 3.63) is 89.2 Å². The molecule has 2 amide bonds. The number of hydrogen-bond acceptors (Lipinski definition) is 7. The summed E-state index contributed by atoms with van der Waals surface area (Å²) in [6.45, 7) is 3.49. The summed E-state index contributed by atoms with van der Waals surface area (Å²) < 4.78 is 24.9. The molecule has 1 unspecified atom stereocenters.